The summed E-state index contributed by atoms with van der Waals surface area (Å²) in [7, 11) is -3.22. The standard InChI is InChI=1S/C13H16ClNO3S/c1-8(19(2,17)18)12(14)10-4-3-9-5-6-15-13(16)11(9)7-10/h3-4,7-8,12H,5-6H2,1-2H3,(H,15,16). The molecular weight excluding hydrogens is 286 g/mol. The summed E-state index contributed by atoms with van der Waals surface area (Å²) in [6.07, 6.45) is 1.95. The average Bonchev–Trinajstić information content (AvgIpc) is 2.36. The van der Waals surface area contributed by atoms with Crippen molar-refractivity contribution >= 4 is 27.3 Å². The summed E-state index contributed by atoms with van der Waals surface area (Å²) < 4.78 is 23.1. The third-order valence-corrected chi connectivity index (χ3v) is 5.87. The normalized spacial score (nSPS) is 18.4. The molecule has 0 aromatic heterocycles. The Morgan fingerprint density at radius 2 is 2.05 bits per heavy atom. The number of hydrogen-bond donors (Lipinski definition) is 1. The van der Waals surface area contributed by atoms with Gasteiger partial charge in [0, 0.05) is 18.4 Å². The van der Waals surface area contributed by atoms with Gasteiger partial charge in [0.15, 0.2) is 9.84 Å². The number of hydrogen-bond acceptors (Lipinski definition) is 3. The van der Waals surface area contributed by atoms with Crippen molar-refractivity contribution in [2.24, 2.45) is 0 Å². The number of alkyl halides is 1. The lowest BCUT2D eigenvalue weighted by Crippen LogP contribution is -2.32. The molecule has 1 N–H and O–H groups in total. The monoisotopic (exact) mass is 301 g/mol. The molecule has 6 heteroatoms. The molecule has 2 atom stereocenters. The van der Waals surface area contributed by atoms with Gasteiger partial charge in [-0.2, -0.15) is 0 Å². The van der Waals surface area contributed by atoms with Crippen molar-refractivity contribution in [3.63, 3.8) is 0 Å². The number of rotatable bonds is 3. The van der Waals surface area contributed by atoms with E-state index in [1.165, 1.54) is 0 Å². The van der Waals surface area contributed by atoms with E-state index in [4.69, 9.17) is 11.6 Å². The number of halogens is 1. The van der Waals surface area contributed by atoms with Crippen molar-refractivity contribution in [1.82, 2.24) is 5.32 Å². The summed E-state index contributed by atoms with van der Waals surface area (Å²) in [5.41, 5.74) is 2.23. The highest BCUT2D eigenvalue weighted by atomic mass is 35.5. The Kier molecular flexibility index (Phi) is 3.87. The Hall–Kier alpha value is -1.07. The summed E-state index contributed by atoms with van der Waals surface area (Å²) in [5, 5.41) is 1.41. The lowest BCUT2D eigenvalue weighted by atomic mass is 9.96. The Morgan fingerprint density at radius 1 is 1.37 bits per heavy atom. The van der Waals surface area contributed by atoms with E-state index in [0.717, 1.165) is 18.2 Å². The van der Waals surface area contributed by atoms with Crippen LogP contribution in [0.1, 0.15) is 33.8 Å². The molecule has 1 aliphatic heterocycles. The molecule has 0 spiro atoms. The fourth-order valence-corrected chi connectivity index (χ4v) is 3.38. The summed E-state index contributed by atoms with van der Waals surface area (Å²) in [5.74, 6) is -0.126. The van der Waals surface area contributed by atoms with E-state index in [1.807, 2.05) is 6.07 Å². The first kappa shape index (κ1) is 14.3. The van der Waals surface area contributed by atoms with Gasteiger partial charge in [0.1, 0.15) is 0 Å². The minimum atomic E-state index is -3.22. The molecule has 104 valence electrons. The largest absolute Gasteiger partial charge is 0.352 e. The van der Waals surface area contributed by atoms with Crippen molar-refractivity contribution in [2.75, 3.05) is 12.8 Å². The molecule has 2 rings (SSSR count). The van der Waals surface area contributed by atoms with E-state index in [0.29, 0.717) is 17.7 Å². The van der Waals surface area contributed by atoms with Crippen LogP contribution >= 0.6 is 11.6 Å². The van der Waals surface area contributed by atoms with Crippen LogP contribution in [0, 0.1) is 0 Å². The van der Waals surface area contributed by atoms with E-state index in [-0.39, 0.29) is 5.91 Å². The van der Waals surface area contributed by atoms with Crippen molar-refractivity contribution in [2.45, 2.75) is 24.0 Å². The highest BCUT2D eigenvalue weighted by Crippen LogP contribution is 2.30. The van der Waals surface area contributed by atoms with Crippen LogP contribution in [0.5, 0.6) is 0 Å². The molecule has 0 saturated carbocycles. The van der Waals surface area contributed by atoms with Gasteiger partial charge in [0.05, 0.1) is 10.6 Å². The third kappa shape index (κ3) is 2.92. The van der Waals surface area contributed by atoms with Crippen LogP contribution in [0.25, 0.3) is 0 Å². The molecule has 1 heterocycles. The summed E-state index contributed by atoms with van der Waals surface area (Å²) in [4.78, 5) is 11.8. The fourth-order valence-electron chi connectivity index (χ4n) is 2.09. The highest BCUT2D eigenvalue weighted by molar-refractivity contribution is 7.91. The first-order valence-electron chi connectivity index (χ1n) is 6.04. The van der Waals surface area contributed by atoms with Gasteiger partial charge in [-0.1, -0.05) is 12.1 Å². The molecule has 0 saturated heterocycles. The van der Waals surface area contributed by atoms with E-state index < -0.39 is 20.5 Å². The Bertz CT molecular complexity index is 612. The third-order valence-electron chi connectivity index (χ3n) is 3.46. The van der Waals surface area contributed by atoms with Crippen LogP contribution in [0.3, 0.4) is 0 Å². The number of carbonyl (C=O) groups is 1. The van der Waals surface area contributed by atoms with Gasteiger partial charge in [-0.05, 0) is 30.5 Å². The van der Waals surface area contributed by atoms with Gasteiger partial charge in [-0.3, -0.25) is 4.79 Å². The molecule has 0 radical (unpaired) electrons. The fraction of sp³-hybridized carbons (Fsp3) is 0.462. The Balaban J connectivity index is 2.37. The molecule has 1 amide bonds. The minimum absolute atomic E-state index is 0.126. The molecule has 4 nitrogen and oxygen atoms in total. The predicted molar refractivity (Wildman–Crippen MR) is 75.4 cm³/mol. The van der Waals surface area contributed by atoms with E-state index in [9.17, 15) is 13.2 Å². The van der Waals surface area contributed by atoms with Gasteiger partial charge in [0.2, 0.25) is 0 Å². The lowest BCUT2D eigenvalue weighted by Gasteiger charge is -2.21. The zero-order valence-electron chi connectivity index (χ0n) is 10.8. The molecular formula is C13H16ClNO3S. The van der Waals surface area contributed by atoms with Crippen LogP contribution in [0.2, 0.25) is 0 Å². The number of fused-ring (bicyclic) bond motifs is 1. The first-order chi connectivity index (χ1) is 8.80. The van der Waals surface area contributed by atoms with Crippen LogP contribution in [-0.4, -0.2) is 32.4 Å². The zero-order chi connectivity index (χ0) is 14.2. The minimum Gasteiger partial charge on any atom is -0.352 e. The van der Waals surface area contributed by atoms with Crippen molar-refractivity contribution in [1.29, 1.82) is 0 Å². The van der Waals surface area contributed by atoms with Crippen molar-refractivity contribution < 1.29 is 13.2 Å². The van der Waals surface area contributed by atoms with Crippen LogP contribution < -0.4 is 5.32 Å². The maximum absolute atomic E-state index is 11.8. The predicted octanol–water partition coefficient (Wildman–Crippen LogP) is 1.69. The molecule has 1 aromatic carbocycles. The van der Waals surface area contributed by atoms with Gasteiger partial charge in [-0.25, -0.2) is 8.42 Å². The Morgan fingerprint density at radius 3 is 2.68 bits per heavy atom. The number of benzene rings is 1. The van der Waals surface area contributed by atoms with Crippen LogP contribution in [-0.2, 0) is 16.3 Å². The quantitative estimate of drug-likeness (QED) is 0.864. The van der Waals surface area contributed by atoms with Crippen molar-refractivity contribution in [3.8, 4) is 0 Å². The van der Waals surface area contributed by atoms with Crippen LogP contribution in [0.4, 0.5) is 0 Å². The Labute approximate surface area is 118 Å². The number of amides is 1. The lowest BCUT2D eigenvalue weighted by molar-refractivity contribution is 0.0946. The van der Waals surface area contributed by atoms with Gasteiger partial charge in [0.25, 0.3) is 5.91 Å². The molecule has 2 unspecified atom stereocenters. The first-order valence-corrected chi connectivity index (χ1v) is 8.44. The molecule has 0 fully saturated rings. The van der Waals surface area contributed by atoms with Crippen molar-refractivity contribution in [3.05, 3.63) is 34.9 Å². The number of nitrogens with one attached hydrogen (secondary N) is 1. The van der Waals surface area contributed by atoms with Gasteiger partial charge >= 0.3 is 0 Å². The molecule has 0 aliphatic carbocycles. The number of sulfone groups is 1. The highest BCUT2D eigenvalue weighted by Gasteiger charge is 2.27. The summed E-state index contributed by atoms with van der Waals surface area (Å²) >= 11 is 6.22. The summed E-state index contributed by atoms with van der Waals surface area (Å²) in [6, 6.07) is 5.35. The zero-order valence-corrected chi connectivity index (χ0v) is 12.4. The van der Waals surface area contributed by atoms with E-state index in [1.54, 1.807) is 19.1 Å². The second-order valence-electron chi connectivity index (χ2n) is 4.86. The molecule has 1 aliphatic rings. The average molecular weight is 302 g/mol. The van der Waals surface area contributed by atoms with E-state index in [2.05, 4.69) is 5.32 Å². The molecule has 1 aromatic rings. The second-order valence-corrected chi connectivity index (χ2v) is 7.73. The molecule has 0 bridgehead atoms. The van der Waals surface area contributed by atoms with Gasteiger partial charge < -0.3 is 5.32 Å². The number of carbonyl (C=O) groups excluding carboxylic acids is 1. The topological polar surface area (TPSA) is 63.2 Å². The smallest absolute Gasteiger partial charge is 0.251 e. The van der Waals surface area contributed by atoms with Crippen LogP contribution in [0.15, 0.2) is 18.2 Å². The van der Waals surface area contributed by atoms with Gasteiger partial charge in [-0.15, -0.1) is 11.6 Å². The summed E-state index contributed by atoms with van der Waals surface area (Å²) in [6.45, 7) is 2.21. The second kappa shape index (κ2) is 5.13. The SMILES string of the molecule is CC(C(Cl)c1ccc2c(c1)C(=O)NCC2)S(C)(=O)=O. The maximum atomic E-state index is 11.8. The maximum Gasteiger partial charge on any atom is 0.251 e. The van der Waals surface area contributed by atoms with E-state index >= 15 is 0 Å². The molecule has 19 heavy (non-hydrogen) atoms.